The van der Waals surface area contributed by atoms with Crippen LogP contribution in [-0.4, -0.2) is 40.4 Å². The first kappa shape index (κ1) is 21.8. The molecule has 1 atom stereocenters. The van der Waals surface area contributed by atoms with Crippen molar-refractivity contribution in [2.45, 2.75) is 13.0 Å². The van der Waals surface area contributed by atoms with Crippen LogP contribution in [0.1, 0.15) is 18.6 Å². The Morgan fingerprint density at radius 2 is 1.58 bits per heavy atom. The third-order valence-corrected chi connectivity index (χ3v) is 8.50. The molecule has 2 aliphatic heterocycles. The quantitative estimate of drug-likeness (QED) is 0.169. The second-order valence-corrected chi connectivity index (χ2v) is 10.4. The number of hydrogen-bond acceptors (Lipinski definition) is 5. The lowest BCUT2D eigenvalue weighted by atomic mass is 10.1. The molecule has 2 heterocycles. The molecule has 3 aromatic rings. The molecular formula is C24H24N3O5P. The van der Waals surface area contributed by atoms with Crippen LogP contribution in [0.3, 0.4) is 0 Å². The van der Waals surface area contributed by atoms with E-state index in [1.807, 2.05) is 57.9 Å². The molecule has 2 saturated heterocycles. The molecule has 2 fully saturated rings. The van der Waals surface area contributed by atoms with Crippen LogP contribution < -0.4 is 4.74 Å². The SMILES string of the molecule is CC(OP(=O)(N1CC1)N1CC1)c1ccc([N+](=O)[O-])c(Oc2cccc(-c3ccccc3)c2)c1. The van der Waals surface area contributed by atoms with Crippen molar-refractivity contribution in [3.05, 3.63) is 88.5 Å². The van der Waals surface area contributed by atoms with Crippen molar-refractivity contribution in [2.24, 2.45) is 0 Å². The molecule has 9 heteroatoms. The highest BCUT2D eigenvalue weighted by Crippen LogP contribution is 2.63. The highest BCUT2D eigenvalue weighted by molar-refractivity contribution is 7.54. The van der Waals surface area contributed by atoms with Crippen LogP contribution in [-0.2, 0) is 9.09 Å². The Morgan fingerprint density at radius 1 is 0.909 bits per heavy atom. The molecule has 0 bridgehead atoms. The van der Waals surface area contributed by atoms with E-state index in [2.05, 4.69) is 0 Å². The Labute approximate surface area is 192 Å². The molecule has 0 aliphatic carbocycles. The van der Waals surface area contributed by atoms with Gasteiger partial charge in [0.05, 0.1) is 11.0 Å². The summed E-state index contributed by atoms with van der Waals surface area (Å²) in [6, 6.07) is 21.9. The fraction of sp³-hybridized carbons (Fsp3) is 0.250. The number of ether oxygens (including phenoxy) is 1. The predicted molar refractivity (Wildman–Crippen MR) is 125 cm³/mol. The summed E-state index contributed by atoms with van der Waals surface area (Å²) in [6.07, 6.45) is -0.518. The largest absolute Gasteiger partial charge is 0.450 e. The van der Waals surface area contributed by atoms with E-state index < -0.39 is 18.7 Å². The normalized spacial score (nSPS) is 16.9. The maximum Gasteiger partial charge on any atom is 0.346 e. The Hall–Kier alpha value is -3.03. The predicted octanol–water partition coefficient (Wildman–Crippen LogP) is 5.87. The van der Waals surface area contributed by atoms with E-state index >= 15 is 0 Å². The van der Waals surface area contributed by atoms with E-state index in [0.29, 0.717) is 11.3 Å². The van der Waals surface area contributed by atoms with Gasteiger partial charge in [-0.25, -0.2) is 9.34 Å². The summed E-state index contributed by atoms with van der Waals surface area (Å²) < 4.78 is 29.0. The highest BCUT2D eigenvalue weighted by atomic mass is 31.2. The zero-order valence-corrected chi connectivity index (χ0v) is 19.1. The zero-order chi connectivity index (χ0) is 23.0. The van der Waals surface area contributed by atoms with Gasteiger partial charge in [0.25, 0.3) is 0 Å². The summed E-state index contributed by atoms with van der Waals surface area (Å²) in [7, 11) is -3.02. The second kappa shape index (κ2) is 8.72. The average molecular weight is 465 g/mol. The van der Waals surface area contributed by atoms with Crippen LogP contribution in [0.4, 0.5) is 5.69 Å². The van der Waals surface area contributed by atoms with Crippen LogP contribution in [0.25, 0.3) is 11.1 Å². The molecule has 3 aromatic carbocycles. The van der Waals surface area contributed by atoms with Gasteiger partial charge in [0.15, 0.2) is 0 Å². The second-order valence-electron chi connectivity index (χ2n) is 8.13. The molecule has 0 amide bonds. The molecular weight excluding hydrogens is 441 g/mol. The number of nitrogens with zero attached hydrogens (tertiary/aromatic N) is 3. The Bertz CT molecular complexity index is 1210. The Balaban J connectivity index is 1.42. The minimum atomic E-state index is -3.02. The van der Waals surface area contributed by atoms with E-state index in [1.54, 1.807) is 25.1 Å². The van der Waals surface area contributed by atoms with Gasteiger partial charge in [-0.1, -0.05) is 42.5 Å². The number of rotatable bonds is 9. The van der Waals surface area contributed by atoms with Crippen molar-refractivity contribution in [3.8, 4) is 22.6 Å². The van der Waals surface area contributed by atoms with Gasteiger partial charge in [-0.15, -0.1) is 0 Å². The Kier molecular flexibility index (Phi) is 5.76. The molecule has 0 saturated carbocycles. The van der Waals surface area contributed by atoms with Crippen LogP contribution in [0.5, 0.6) is 11.5 Å². The molecule has 0 aromatic heterocycles. The van der Waals surface area contributed by atoms with Crippen molar-refractivity contribution in [3.63, 3.8) is 0 Å². The van der Waals surface area contributed by atoms with Crippen LogP contribution in [0, 0.1) is 10.1 Å². The molecule has 0 N–H and O–H groups in total. The minimum absolute atomic E-state index is 0.117. The van der Waals surface area contributed by atoms with Crippen LogP contribution in [0.2, 0.25) is 0 Å². The van der Waals surface area contributed by atoms with E-state index in [-0.39, 0.29) is 11.4 Å². The van der Waals surface area contributed by atoms with Crippen molar-refractivity contribution in [1.29, 1.82) is 0 Å². The van der Waals surface area contributed by atoms with Crippen LogP contribution in [0.15, 0.2) is 72.8 Å². The molecule has 2 aliphatic rings. The number of hydrogen-bond donors (Lipinski definition) is 0. The average Bonchev–Trinajstić information content (AvgIpc) is 3.72. The minimum Gasteiger partial charge on any atom is -0.450 e. The monoisotopic (exact) mass is 465 g/mol. The van der Waals surface area contributed by atoms with E-state index in [1.165, 1.54) is 6.07 Å². The van der Waals surface area contributed by atoms with Gasteiger partial charge in [-0.2, -0.15) is 0 Å². The van der Waals surface area contributed by atoms with E-state index in [4.69, 9.17) is 9.26 Å². The topological polar surface area (TPSA) is 84.7 Å². The Morgan fingerprint density at radius 3 is 2.21 bits per heavy atom. The molecule has 8 nitrogen and oxygen atoms in total. The summed E-state index contributed by atoms with van der Waals surface area (Å²) in [5.74, 6) is 0.607. The smallest absolute Gasteiger partial charge is 0.346 e. The third-order valence-electron chi connectivity index (χ3n) is 5.68. The maximum absolute atomic E-state index is 13.3. The van der Waals surface area contributed by atoms with Crippen molar-refractivity contribution in [2.75, 3.05) is 26.2 Å². The molecule has 33 heavy (non-hydrogen) atoms. The van der Waals surface area contributed by atoms with Gasteiger partial charge in [-0.3, -0.25) is 19.2 Å². The highest BCUT2D eigenvalue weighted by Gasteiger charge is 2.50. The van der Waals surface area contributed by atoms with Gasteiger partial charge >= 0.3 is 13.4 Å². The summed E-state index contributed by atoms with van der Waals surface area (Å²) in [5.41, 5.74) is 2.49. The van der Waals surface area contributed by atoms with Crippen molar-refractivity contribution < 1.29 is 18.7 Å². The molecule has 5 rings (SSSR count). The van der Waals surface area contributed by atoms with Gasteiger partial charge in [0, 0.05) is 32.2 Å². The van der Waals surface area contributed by atoms with Gasteiger partial charge in [0.1, 0.15) is 5.75 Å². The number of benzene rings is 3. The van der Waals surface area contributed by atoms with Crippen molar-refractivity contribution >= 4 is 13.4 Å². The fourth-order valence-corrected chi connectivity index (χ4v) is 6.03. The summed E-state index contributed by atoms with van der Waals surface area (Å²) in [5, 5.41) is 11.6. The first-order valence-electron chi connectivity index (χ1n) is 10.8. The third kappa shape index (κ3) is 4.70. The van der Waals surface area contributed by atoms with Crippen LogP contribution >= 0.6 is 7.67 Å². The lowest BCUT2D eigenvalue weighted by Crippen LogP contribution is -2.10. The molecule has 1 unspecified atom stereocenters. The lowest BCUT2D eigenvalue weighted by molar-refractivity contribution is -0.385. The standard InChI is InChI=1S/C24H24N3O5P/c1-18(32-33(30,25-12-13-25)26-14-15-26)20-10-11-23(27(28)29)24(17-20)31-22-9-5-8-21(16-22)19-6-3-2-4-7-19/h2-11,16-18H,12-15H2,1H3. The zero-order valence-electron chi connectivity index (χ0n) is 18.2. The maximum atomic E-state index is 13.3. The first-order valence-corrected chi connectivity index (χ1v) is 12.4. The van der Waals surface area contributed by atoms with E-state index in [0.717, 1.165) is 37.3 Å². The summed E-state index contributed by atoms with van der Waals surface area (Å²) in [6.45, 7) is 4.83. The van der Waals surface area contributed by atoms with Gasteiger partial charge in [-0.05, 0) is 47.9 Å². The number of nitro groups is 1. The first-order chi connectivity index (χ1) is 15.9. The fourth-order valence-electron chi connectivity index (χ4n) is 3.69. The van der Waals surface area contributed by atoms with E-state index in [9.17, 15) is 14.7 Å². The molecule has 170 valence electrons. The molecule has 0 spiro atoms. The van der Waals surface area contributed by atoms with Gasteiger partial charge < -0.3 is 4.74 Å². The summed E-state index contributed by atoms with van der Waals surface area (Å²) >= 11 is 0. The molecule has 0 radical (unpaired) electrons. The van der Waals surface area contributed by atoms with Crippen molar-refractivity contribution in [1.82, 2.24) is 9.34 Å². The van der Waals surface area contributed by atoms with Gasteiger partial charge in [0.2, 0.25) is 5.75 Å². The summed E-state index contributed by atoms with van der Waals surface area (Å²) in [4.78, 5) is 11.2. The number of nitro benzene ring substituents is 1. The lowest BCUT2D eigenvalue weighted by Gasteiger charge is -2.24.